The molecule has 1 aromatic carbocycles. The van der Waals surface area contributed by atoms with Gasteiger partial charge in [0, 0.05) is 18.4 Å². The molecule has 8 nitrogen and oxygen atoms in total. The van der Waals surface area contributed by atoms with Crippen molar-refractivity contribution in [2.24, 2.45) is 0 Å². The van der Waals surface area contributed by atoms with Crippen molar-refractivity contribution in [1.29, 1.82) is 0 Å². The summed E-state index contributed by atoms with van der Waals surface area (Å²) in [4.78, 5) is 27.2. The quantitative estimate of drug-likeness (QED) is 0.592. The second-order valence-electron chi connectivity index (χ2n) is 7.95. The third kappa shape index (κ3) is 4.10. The first-order valence-corrected chi connectivity index (χ1v) is 11.4. The molecule has 3 heterocycles. The van der Waals surface area contributed by atoms with Gasteiger partial charge in [0.15, 0.2) is 5.16 Å². The summed E-state index contributed by atoms with van der Waals surface area (Å²) in [5, 5.41) is 12.4. The number of nitrogens with one attached hydrogen (secondary N) is 1. The van der Waals surface area contributed by atoms with E-state index in [-0.39, 0.29) is 30.0 Å². The van der Waals surface area contributed by atoms with Crippen LogP contribution in [0.5, 0.6) is 0 Å². The molecular weight excluding hydrogens is 414 g/mol. The molecule has 3 aromatic rings. The number of hydrogen-bond acceptors (Lipinski definition) is 6. The van der Waals surface area contributed by atoms with Gasteiger partial charge in [-0.15, -0.1) is 10.2 Å². The number of carbonyl (C=O) groups excluding carboxylic acids is 2. The van der Waals surface area contributed by atoms with E-state index in [1.807, 2.05) is 43.3 Å². The molecule has 1 aliphatic carbocycles. The van der Waals surface area contributed by atoms with Crippen LogP contribution in [0.4, 0.5) is 11.4 Å². The average molecular weight is 438 g/mol. The van der Waals surface area contributed by atoms with Gasteiger partial charge >= 0.3 is 0 Å². The molecule has 1 saturated carbocycles. The number of fused-ring (bicyclic) bond motifs is 1. The Morgan fingerprint density at radius 2 is 2.06 bits per heavy atom. The van der Waals surface area contributed by atoms with Crippen molar-refractivity contribution in [2.75, 3.05) is 16.0 Å². The zero-order chi connectivity index (χ0) is 21.4. The maximum atomic E-state index is 13.3. The molecule has 1 aliphatic heterocycles. The van der Waals surface area contributed by atoms with Crippen LogP contribution in [0, 0.1) is 0 Å². The minimum Gasteiger partial charge on any atom is -0.467 e. The van der Waals surface area contributed by atoms with E-state index in [9.17, 15) is 9.59 Å². The molecular formula is C22H23N5O3S. The second-order valence-corrected chi connectivity index (χ2v) is 8.89. The van der Waals surface area contributed by atoms with Gasteiger partial charge in [0.2, 0.25) is 11.8 Å². The fourth-order valence-corrected chi connectivity index (χ4v) is 4.73. The summed E-state index contributed by atoms with van der Waals surface area (Å²) >= 11 is 1.37. The van der Waals surface area contributed by atoms with Crippen molar-refractivity contribution < 1.29 is 14.0 Å². The molecule has 0 saturated heterocycles. The van der Waals surface area contributed by atoms with Crippen LogP contribution in [-0.2, 0) is 16.1 Å². The van der Waals surface area contributed by atoms with E-state index < -0.39 is 0 Å². The van der Waals surface area contributed by atoms with Gasteiger partial charge in [0.25, 0.3) is 0 Å². The fraction of sp³-hybridized carbons (Fsp3) is 0.364. The first-order chi connectivity index (χ1) is 15.1. The van der Waals surface area contributed by atoms with E-state index in [2.05, 4.69) is 20.1 Å². The number of thioether (sulfide) groups is 1. The topological polar surface area (TPSA) is 93.3 Å². The molecule has 1 atom stereocenters. The Bertz CT molecular complexity index is 1110. The lowest BCUT2D eigenvalue weighted by Crippen LogP contribution is -2.40. The van der Waals surface area contributed by atoms with Crippen LogP contribution in [0.2, 0.25) is 0 Å². The van der Waals surface area contributed by atoms with Crippen molar-refractivity contribution in [1.82, 2.24) is 14.8 Å². The summed E-state index contributed by atoms with van der Waals surface area (Å²) in [6, 6.07) is 11.0. The number of furan rings is 1. The van der Waals surface area contributed by atoms with Crippen LogP contribution in [-0.4, -0.2) is 38.4 Å². The monoisotopic (exact) mass is 437 g/mol. The summed E-state index contributed by atoms with van der Waals surface area (Å²) in [6.45, 7) is 2.44. The van der Waals surface area contributed by atoms with Gasteiger partial charge in [-0.3, -0.25) is 14.2 Å². The third-order valence-electron chi connectivity index (χ3n) is 5.53. The fourth-order valence-electron chi connectivity index (χ4n) is 3.92. The average Bonchev–Trinajstić information content (AvgIpc) is 3.35. The molecule has 0 unspecified atom stereocenters. The summed E-state index contributed by atoms with van der Waals surface area (Å²) in [5.41, 5.74) is 1.38. The van der Waals surface area contributed by atoms with E-state index in [1.54, 1.807) is 11.2 Å². The number of carbonyl (C=O) groups is 2. The molecule has 1 fully saturated rings. The Hall–Kier alpha value is -3.07. The maximum Gasteiger partial charge on any atom is 0.237 e. The third-order valence-corrected chi connectivity index (χ3v) is 6.49. The summed E-state index contributed by atoms with van der Waals surface area (Å²) in [7, 11) is 0. The van der Waals surface area contributed by atoms with Crippen molar-refractivity contribution >= 4 is 35.0 Å². The predicted octanol–water partition coefficient (Wildman–Crippen LogP) is 3.65. The predicted molar refractivity (Wildman–Crippen MR) is 117 cm³/mol. The Kier molecular flexibility index (Phi) is 5.27. The van der Waals surface area contributed by atoms with Crippen LogP contribution in [0.3, 0.4) is 0 Å². The number of anilines is 2. The Labute approximate surface area is 184 Å². The summed E-state index contributed by atoms with van der Waals surface area (Å²) in [6.07, 6.45) is 4.14. The molecule has 0 radical (unpaired) electrons. The number of amides is 2. The SMILES string of the molecule is C[C@@H]1CC(=O)Nc2ccccc2N1C(=O)CSc1nnc(C2CC2)n1Cc1ccco1. The molecule has 2 amide bonds. The first-order valence-electron chi connectivity index (χ1n) is 10.4. The van der Waals surface area contributed by atoms with Gasteiger partial charge in [0.1, 0.15) is 11.6 Å². The van der Waals surface area contributed by atoms with E-state index in [0.29, 0.717) is 23.3 Å². The lowest BCUT2D eigenvalue weighted by Gasteiger charge is -2.27. The number of nitrogens with zero attached hydrogens (tertiary/aromatic N) is 4. The number of benzene rings is 1. The molecule has 2 aliphatic rings. The molecule has 31 heavy (non-hydrogen) atoms. The molecule has 1 N–H and O–H groups in total. The molecule has 2 aromatic heterocycles. The lowest BCUT2D eigenvalue weighted by molar-refractivity contribution is -0.117. The summed E-state index contributed by atoms with van der Waals surface area (Å²) in [5.74, 6) is 2.26. The van der Waals surface area contributed by atoms with Crippen molar-refractivity contribution in [3.63, 3.8) is 0 Å². The second kappa shape index (κ2) is 8.22. The number of rotatable bonds is 6. The van der Waals surface area contributed by atoms with Crippen LogP contribution >= 0.6 is 11.8 Å². The Morgan fingerprint density at radius 1 is 1.23 bits per heavy atom. The highest BCUT2D eigenvalue weighted by molar-refractivity contribution is 7.99. The van der Waals surface area contributed by atoms with Crippen LogP contribution in [0.25, 0.3) is 0 Å². The normalized spacial score (nSPS) is 18.4. The number of para-hydroxylation sites is 2. The maximum absolute atomic E-state index is 13.3. The largest absolute Gasteiger partial charge is 0.467 e. The minimum atomic E-state index is -0.236. The van der Waals surface area contributed by atoms with E-state index >= 15 is 0 Å². The van der Waals surface area contributed by atoms with E-state index in [4.69, 9.17) is 4.42 Å². The van der Waals surface area contributed by atoms with Gasteiger partial charge in [-0.2, -0.15) is 0 Å². The highest BCUT2D eigenvalue weighted by atomic mass is 32.2. The highest BCUT2D eigenvalue weighted by Gasteiger charge is 2.32. The molecule has 0 spiro atoms. The highest BCUT2D eigenvalue weighted by Crippen LogP contribution is 2.40. The summed E-state index contributed by atoms with van der Waals surface area (Å²) < 4.78 is 7.57. The van der Waals surface area contributed by atoms with E-state index in [0.717, 1.165) is 30.1 Å². The Morgan fingerprint density at radius 3 is 2.84 bits per heavy atom. The van der Waals surface area contributed by atoms with Gasteiger partial charge in [-0.25, -0.2) is 0 Å². The van der Waals surface area contributed by atoms with Gasteiger partial charge < -0.3 is 14.6 Å². The molecule has 9 heteroatoms. The first kappa shape index (κ1) is 19.9. The zero-order valence-corrected chi connectivity index (χ0v) is 18.0. The smallest absolute Gasteiger partial charge is 0.237 e. The van der Waals surface area contributed by atoms with Gasteiger partial charge in [-0.1, -0.05) is 23.9 Å². The van der Waals surface area contributed by atoms with Crippen LogP contribution in [0.1, 0.15) is 43.7 Å². The number of hydrogen-bond donors (Lipinski definition) is 1. The zero-order valence-electron chi connectivity index (χ0n) is 17.2. The van der Waals surface area contributed by atoms with Crippen molar-refractivity contribution in [2.45, 2.75) is 49.8 Å². The molecule has 0 bridgehead atoms. The standard InChI is InChI=1S/C22H23N5O3S/c1-14-11-19(28)23-17-6-2-3-7-18(17)27(14)20(29)13-31-22-25-24-21(15-8-9-15)26(22)12-16-5-4-10-30-16/h2-7,10,14-15H,8-9,11-13H2,1H3,(H,23,28)/t14-/m1/s1. The molecule has 5 rings (SSSR count). The van der Waals surface area contributed by atoms with Gasteiger partial charge in [-0.05, 0) is 44.0 Å². The number of aromatic nitrogens is 3. The van der Waals surface area contributed by atoms with Crippen molar-refractivity contribution in [3.05, 3.63) is 54.2 Å². The van der Waals surface area contributed by atoms with Gasteiger partial charge in [0.05, 0.1) is 29.9 Å². The van der Waals surface area contributed by atoms with E-state index in [1.165, 1.54) is 11.8 Å². The van der Waals surface area contributed by atoms with Crippen LogP contribution < -0.4 is 10.2 Å². The van der Waals surface area contributed by atoms with Crippen LogP contribution in [0.15, 0.2) is 52.2 Å². The van der Waals surface area contributed by atoms with Crippen molar-refractivity contribution in [3.8, 4) is 0 Å². The lowest BCUT2D eigenvalue weighted by atomic mass is 10.2. The Balaban J connectivity index is 1.37. The molecule has 160 valence electrons. The minimum absolute atomic E-state index is 0.0676.